The second kappa shape index (κ2) is 5.11. The summed E-state index contributed by atoms with van der Waals surface area (Å²) < 4.78 is 0. The quantitative estimate of drug-likeness (QED) is 0.840. The monoisotopic (exact) mass is 259 g/mol. The molecule has 1 aliphatic heterocycles. The highest BCUT2D eigenvalue weighted by Crippen LogP contribution is 2.12. The van der Waals surface area contributed by atoms with Crippen LogP contribution in [0.4, 0.5) is 0 Å². The first-order chi connectivity index (χ1) is 9.22. The Morgan fingerprint density at radius 1 is 1.32 bits per heavy atom. The van der Waals surface area contributed by atoms with Crippen molar-refractivity contribution in [3.8, 4) is 0 Å². The van der Waals surface area contributed by atoms with Crippen molar-refractivity contribution in [2.45, 2.75) is 25.5 Å². The van der Waals surface area contributed by atoms with Crippen LogP contribution in [0, 0.1) is 0 Å². The van der Waals surface area contributed by atoms with Gasteiger partial charge in [0.2, 0.25) is 0 Å². The predicted molar refractivity (Wildman–Crippen MR) is 72.9 cm³/mol. The summed E-state index contributed by atoms with van der Waals surface area (Å²) in [4.78, 5) is 21.5. The fourth-order valence-electron chi connectivity index (χ4n) is 2.50. The number of hydrogen-bond acceptors (Lipinski definition) is 4. The molecule has 19 heavy (non-hydrogen) atoms. The Morgan fingerprint density at radius 2 is 2.05 bits per heavy atom. The van der Waals surface area contributed by atoms with Gasteiger partial charge in [-0.3, -0.25) is 9.69 Å². The second-order valence-corrected chi connectivity index (χ2v) is 5.04. The third kappa shape index (κ3) is 2.67. The summed E-state index contributed by atoms with van der Waals surface area (Å²) in [6.45, 7) is 2.32. The molecule has 2 aromatic rings. The molecule has 0 unspecified atom stereocenters. The first kappa shape index (κ1) is 12.3. The molecular weight excluding hydrogens is 242 g/mol. The average molecular weight is 259 g/mol. The molecule has 5 nitrogen and oxygen atoms in total. The van der Waals surface area contributed by atoms with Gasteiger partial charge in [-0.1, -0.05) is 12.1 Å². The van der Waals surface area contributed by atoms with E-state index in [0.717, 1.165) is 31.4 Å². The molecule has 1 fully saturated rings. The van der Waals surface area contributed by atoms with E-state index in [4.69, 9.17) is 0 Å². The topological polar surface area (TPSA) is 69.2 Å². The number of benzene rings is 1. The molecule has 0 aliphatic carbocycles. The van der Waals surface area contributed by atoms with E-state index < -0.39 is 0 Å². The Kier molecular flexibility index (Phi) is 3.31. The molecule has 1 aromatic heterocycles. The number of aromatic nitrogens is 2. The lowest BCUT2D eigenvalue weighted by Crippen LogP contribution is -2.36. The first-order valence-corrected chi connectivity index (χ1v) is 6.61. The Hall–Kier alpha value is -1.72. The van der Waals surface area contributed by atoms with Gasteiger partial charge in [0.05, 0.1) is 23.6 Å². The maximum atomic E-state index is 11.9. The standard InChI is InChI=1S/C14H17N3O2/c18-10-5-7-17(8-6-10)9-13-15-12-4-2-1-3-11(12)14(19)16-13/h1-4,10,18H,5-9H2,(H,15,16,19). The van der Waals surface area contributed by atoms with Crippen LogP contribution in [0.1, 0.15) is 18.7 Å². The summed E-state index contributed by atoms with van der Waals surface area (Å²) >= 11 is 0. The lowest BCUT2D eigenvalue weighted by atomic mass is 10.1. The van der Waals surface area contributed by atoms with Crippen molar-refractivity contribution >= 4 is 10.9 Å². The number of H-pyrrole nitrogens is 1. The molecule has 1 saturated heterocycles. The minimum Gasteiger partial charge on any atom is -0.393 e. The van der Waals surface area contributed by atoms with E-state index in [-0.39, 0.29) is 11.7 Å². The largest absolute Gasteiger partial charge is 0.393 e. The molecule has 0 radical (unpaired) electrons. The van der Waals surface area contributed by atoms with Gasteiger partial charge in [0.25, 0.3) is 5.56 Å². The zero-order valence-electron chi connectivity index (χ0n) is 10.7. The fourth-order valence-corrected chi connectivity index (χ4v) is 2.50. The molecule has 100 valence electrons. The lowest BCUT2D eigenvalue weighted by Gasteiger charge is -2.28. The van der Waals surface area contributed by atoms with E-state index in [1.165, 1.54) is 0 Å². The van der Waals surface area contributed by atoms with Crippen LogP contribution in [-0.2, 0) is 6.54 Å². The van der Waals surface area contributed by atoms with Crippen LogP contribution in [0.5, 0.6) is 0 Å². The molecule has 2 N–H and O–H groups in total. The third-order valence-corrected chi connectivity index (χ3v) is 3.59. The van der Waals surface area contributed by atoms with Crippen molar-refractivity contribution in [3.63, 3.8) is 0 Å². The SMILES string of the molecule is O=c1[nH]c(CN2CCC(O)CC2)nc2ccccc12. The van der Waals surface area contributed by atoms with Gasteiger partial charge in [-0.25, -0.2) is 4.98 Å². The van der Waals surface area contributed by atoms with Crippen molar-refractivity contribution in [2.75, 3.05) is 13.1 Å². The van der Waals surface area contributed by atoms with Crippen LogP contribution in [0.15, 0.2) is 29.1 Å². The van der Waals surface area contributed by atoms with E-state index in [1.54, 1.807) is 6.07 Å². The van der Waals surface area contributed by atoms with Crippen molar-refractivity contribution in [1.29, 1.82) is 0 Å². The molecule has 1 aromatic carbocycles. The molecule has 3 rings (SSSR count). The number of aliphatic hydroxyl groups is 1. The molecule has 0 atom stereocenters. The van der Waals surface area contributed by atoms with Gasteiger partial charge in [0.1, 0.15) is 5.82 Å². The number of aliphatic hydroxyl groups excluding tert-OH is 1. The minimum absolute atomic E-state index is 0.0855. The van der Waals surface area contributed by atoms with Crippen LogP contribution in [0.2, 0.25) is 0 Å². The molecule has 0 saturated carbocycles. The number of likely N-dealkylation sites (tertiary alicyclic amines) is 1. The predicted octanol–water partition coefficient (Wildman–Crippen LogP) is 0.880. The molecular formula is C14H17N3O2. The van der Waals surface area contributed by atoms with Crippen molar-refractivity contribution < 1.29 is 5.11 Å². The normalized spacial score (nSPS) is 17.9. The van der Waals surface area contributed by atoms with E-state index in [0.29, 0.717) is 17.8 Å². The van der Waals surface area contributed by atoms with Gasteiger partial charge in [0, 0.05) is 13.1 Å². The van der Waals surface area contributed by atoms with Gasteiger partial charge in [-0.2, -0.15) is 0 Å². The number of hydrogen-bond donors (Lipinski definition) is 2. The summed E-state index contributed by atoms with van der Waals surface area (Å²) in [5.74, 6) is 0.695. The van der Waals surface area contributed by atoms with E-state index in [9.17, 15) is 9.90 Å². The molecule has 5 heteroatoms. The highest BCUT2D eigenvalue weighted by molar-refractivity contribution is 5.77. The second-order valence-electron chi connectivity index (χ2n) is 5.04. The Bertz CT molecular complexity index is 630. The summed E-state index contributed by atoms with van der Waals surface area (Å²) in [6, 6.07) is 7.36. The average Bonchev–Trinajstić information content (AvgIpc) is 2.42. The molecule has 2 heterocycles. The summed E-state index contributed by atoms with van der Waals surface area (Å²) in [5, 5.41) is 10.1. The number of nitrogens with zero attached hydrogens (tertiary/aromatic N) is 2. The van der Waals surface area contributed by atoms with Crippen LogP contribution >= 0.6 is 0 Å². The highest BCUT2D eigenvalue weighted by atomic mass is 16.3. The van der Waals surface area contributed by atoms with Gasteiger partial charge in [0.15, 0.2) is 0 Å². The zero-order valence-corrected chi connectivity index (χ0v) is 10.7. The Balaban J connectivity index is 1.83. The first-order valence-electron chi connectivity index (χ1n) is 6.61. The fraction of sp³-hybridized carbons (Fsp3) is 0.429. The van der Waals surface area contributed by atoms with Crippen LogP contribution in [0.3, 0.4) is 0 Å². The van der Waals surface area contributed by atoms with E-state index in [1.807, 2.05) is 18.2 Å². The number of para-hydroxylation sites is 1. The molecule has 0 spiro atoms. The van der Waals surface area contributed by atoms with Crippen molar-refractivity contribution in [2.24, 2.45) is 0 Å². The summed E-state index contributed by atoms with van der Waals surface area (Å²) in [7, 11) is 0. The lowest BCUT2D eigenvalue weighted by molar-refractivity contribution is 0.0780. The zero-order chi connectivity index (χ0) is 13.2. The van der Waals surface area contributed by atoms with Gasteiger partial charge in [-0.05, 0) is 25.0 Å². The molecule has 0 bridgehead atoms. The van der Waals surface area contributed by atoms with Crippen molar-refractivity contribution in [1.82, 2.24) is 14.9 Å². The van der Waals surface area contributed by atoms with E-state index in [2.05, 4.69) is 14.9 Å². The maximum absolute atomic E-state index is 11.9. The van der Waals surface area contributed by atoms with Crippen LogP contribution in [0.25, 0.3) is 10.9 Å². The number of fused-ring (bicyclic) bond motifs is 1. The van der Waals surface area contributed by atoms with Crippen LogP contribution in [-0.4, -0.2) is 39.2 Å². The van der Waals surface area contributed by atoms with E-state index >= 15 is 0 Å². The Morgan fingerprint density at radius 3 is 2.84 bits per heavy atom. The van der Waals surface area contributed by atoms with Gasteiger partial charge >= 0.3 is 0 Å². The minimum atomic E-state index is -0.181. The number of piperidine rings is 1. The number of rotatable bonds is 2. The molecule has 1 aliphatic rings. The number of nitrogens with one attached hydrogen (secondary N) is 1. The number of aromatic amines is 1. The molecule has 0 amide bonds. The maximum Gasteiger partial charge on any atom is 0.258 e. The summed E-state index contributed by atoms with van der Waals surface area (Å²) in [6.07, 6.45) is 1.40. The van der Waals surface area contributed by atoms with Crippen molar-refractivity contribution in [3.05, 3.63) is 40.4 Å². The summed E-state index contributed by atoms with van der Waals surface area (Å²) in [5.41, 5.74) is 0.649. The Labute approximate surface area is 110 Å². The third-order valence-electron chi connectivity index (χ3n) is 3.59. The van der Waals surface area contributed by atoms with Gasteiger partial charge < -0.3 is 10.1 Å². The highest BCUT2D eigenvalue weighted by Gasteiger charge is 2.17. The van der Waals surface area contributed by atoms with Crippen LogP contribution < -0.4 is 5.56 Å². The smallest absolute Gasteiger partial charge is 0.258 e. The van der Waals surface area contributed by atoms with Gasteiger partial charge in [-0.15, -0.1) is 0 Å².